The zero-order valence-electron chi connectivity index (χ0n) is 16.6. The SMILES string of the molecule is Cc1cc(C)cc(NC(=O)CSc2nnc(-c3ccncc3)n2CC(C)C)c1. The van der Waals surface area contributed by atoms with Gasteiger partial charge in [0.2, 0.25) is 5.91 Å². The van der Waals surface area contributed by atoms with Crippen LogP contribution in [-0.2, 0) is 11.3 Å². The average Bonchev–Trinajstić information content (AvgIpc) is 3.01. The van der Waals surface area contributed by atoms with E-state index in [9.17, 15) is 4.79 Å². The number of benzene rings is 1. The van der Waals surface area contributed by atoms with Gasteiger partial charge in [-0.2, -0.15) is 0 Å². The summed E-state index contributed by atoms with van der Waals surface area (Å²) in [4.78, 5) is 16.5. The highest BCUT2D eigenvalue weighted by Gasteiger charge is 2.16. The molecule has 2 heterocycles. The topological polar surface area (TPSA) is 72.7 Å². The molecule has 1 amide bonds. The first-order valence-electron chi connectivity index (χ1n) is 9.27. The third-order valence-electron chi connectivity index (χ3n) is 4.04. The fraction of sp³-hybridized carbons (Fsp3) is 0.333. The van der Waals surface area contributed by atoms with Gasteiger partial charge in [0.1, 0.15) is 0 Å². The Morgan fingerprint density at radius 3 is 2.43 bits per heavy atom. The molecule has 3 rings (SSSR count). The third kappa shape index (κ3) is 5.19. The van der Waals surface area contributed by atoms with Crippen LogP contribution in [0, 0.1) is 19.8 Å². The second kappa shape index (κ2) is 9.01. The summed E-state index contributed by atoms with van der Waals surface area (Å²) in [5.41, 5.74) is 4.04. The Morgan fingerprint density at radius 1 is 1.11 bits per heavy atom. The van der Waals surface area contributed by atoms with E-state index in [0.717, 1.165) is 39.9 Å². The molecule has 0 spiro atoms. The molecule has 28 heavy (non-hydrogen) atoms. The van der Waals surface area contributed by atoms with Gasteiger partial charge in [-0.25, -0.2) is 0 Å². The van der Waals surface area contributed by atoms with Gasteiger partial charge in [-0.3, -0.25) is 9.78 Å². The summed E-state index contributed by atoms with van der Waals surface area (Å²) in [7, 11) is 0. The Morgan fingerprint density at radius 2 is 1.79 bits per heavy atom. The van der Waals surface area contributed by atoms with Crippen molar-refractivity contribution in [2.45, 2.75) is 39.4 Å². The van der Waals surface area contributed by atoms with Crippen molar-refractivity contribution in [3.8, 4) is 11.4 Å². The number of hydrogen-bond acceptors (Lipinski definition) is 5. The Kier molecular flexibility index (Phi) is 6.46. The third-order valence-corrected chi connectivity index (χ3v) is 5.01. The summed E-state index contributed by atoms with van der Waals surface area (Å²) in [6, 6.07) is 9.86. The molecule has 0 saturated heterocycles. The van der Waals surface area contributed by atoms with Crippen molar-refractivity contribution in [1.82, 2.24) is 19.7 Å². The van der Waals surface area contributed by atoms with Crippen molar-refractivity contribution in [1.29, 1.82) is 0 Å². The molecule has 2 aromatic heterocycles. The van der Waals surface area contributed by atoms with Crippen LogP contribution >= 0.6 is 11.8 Å². The van der Waals surface area contributed by atoms with Gasteiger partial charge in [0.05, 0.1) is 5.75 Å². The van der Waals surface area contributed by atoms with Crippen molar-refractivity contribution in [2.24, 2.45) is 5.92 Å². The molecule has 0 bridgehead atoms. The lowest BCUT2D eigenvalue weighted by molar-refractivity contribution is -0.113. The molecule has 0 radical (unpaired) electrons. The van der Waals surface area contributed by atoms with Crippen molar-refractivity contribution < 1.29 is 4.79 Å². The van der Waals surface area contributed by atoms with Crippen LogP contribution in [0.2, 0.25) is 0 Å². The number of thioether (sulfide) groups is 1. The van der Waals surface area contributed by atoms with Crippen LogP contribution in [0.25, 0.3) is 11.4 Å². The number of anilines is 1. The van der Waals surface area contributed by atoms with Crippen molar-refractivity contribution >= 4 is 23.4 Å². The summed E-state index contributed by atoms with van der Waals surface area (Å²) in [6.45, 7) is 9.12. The number of nitrogens with zero attached hydrogens (tertiary/aromatic N) is 4. The monoisotopic (exact) mass is 395 g/mol. The fourth-order valence-corrected chi connectivity index (χ4v) is 3.76. The van der Waals surface area contributed by atoms with Crippen LogP contribution in [0.5, 0.6) is 0 Å². The van der Waals surface area contributed by atoms with Crippen LogP contribution in [0.4, 0.5) is 5.69 Å². The Labute approximate surface area is 169 Å². The Hall–Kier alpha value is -2.67. The van der Waals surface area contributed by atoms with Crippen LogP contribution in [0.3, 0.4) is 0 Å². The molecular weight excluding hydrogens is 370 g/mol. The number of nitrogens with one attached hydrogen (secondary N) is 1. The largest absolute Gasteiger partial charge is 0.325 e. The first-order chi connectivity index (χ1) is 13.4. The lowest BCUT2D eigenvalue weighted by Gasteiger charge is -2.12. The highest BCUT2D eigenvalue weighted by atomic mass is 32.2. The molecule has 0 aliphatic heterocycles. The smallest absolute Gasteiger partial charge is 0.234 e. The highest BCUT2D eigenvalue weighted by molar-refractivity contribution is 7.99. The molecule has 0 atom stereocenters. The van der Waals surface area contributed by atoms with Crippen LogP contribution < -0.4 is 5.32 Å². The Balaban J connectivity index is 1.73. The minimum Gasteiger partial charge on any atom is -0.325 e. The number of amides is 1. The first kappa shape index (κ1) is 20.1. The second-order valence-corrected chi connectivity index (χ2v) is 8.20. The maximum absolute atomic E-state index is 12.4. The van der Waals surface area contributed by atoms with Gasteiger partial charge in [0.25, 0.3) is 0 Å². The van der Waals surface area contributed by atoms with E-state index in [-0.39, 0.29) is 11.7 Å². The number of pyridine rings is 1. The van der Waals surface area contributed by atoms with Gasteiger partial charge in [0.15, 0.2) is 11.0 Å². The second-order valence-electron chi connectivity index (χ2n) is 7.26. The fourth-order valence-electron chi connectivity index (χ4n) is 3.01. The number of aryl methyl sites for hydroxylation is 2. The van der Waals surface area contributed by atoms with E-state index in [1.54, 1.807) is 12.4 Å². The van der Waals surface area contributed by atoms with Crippen molar-refractivity contribution in [3.05, 3.63) is 53.9 Å². The molecule has 3 aromatic rings. The van der Waals surface area contributed by atoms with E-state index in [4.69, 9.17) is 0 Å². The zero-order valence-corrected chi connectivity index (χ0v) is 17.5. The molecule has 7 heteroatoms. The number of carbonyl (C=O) groups excluding carboxylic acids is 1. The van der Waals surface area contributed by atoms with E-state index in [0.29, 0.717) is 5.92 Å². The lowest BCUT2D eigenvalue weighted by atomic mass is 10.1. The van der Waals surface area contributed by atoms with E-state index < -0.39 is 0 Å². The standard InChI is InChI=1S/C21H25N5OS/c1-14(2)12-26-20(17-5-7-22-8-6-17)24-25-21(26)28-13-19(27)23-18-10-15(3)9-16(4)11-18/h5-11,14H,12-13H2,1-4H3,(H,23,27). The number of carbonyl (C=O) groups is 1. The van der Waals surface area contributed by atoms with Crippen LogP contribution in [-0.4, -0.2) is 31.4 Å². The van der Waals surface area contributed by atoms with Gasteiger partial charge in [-0.15, -0.1) is 10.2 Å². The summed E-state index contributed by atoms with van der Waals surface area (Å²) in [6.07, 6.45) is 3.49. The summed E-state index contributed by atoms with van der Waals surface area (Å²) >= 11 is 1.40. The maximum atomic E-state index is 12.4. The predicted molar refractivity (Wildman–Crippen MR) is 113 cm³/mol. The molecule has 0 aliphatic rings. The minimum absolute atomic E-state index is 0.0560. The van der Waals surface area contributed by atoms with Crippen LogP contribution in [0.1, 0.15) is 25.0 Å². The zero-order chi connectivity index (χ0) is 20.1. The summed E-state index contributed by atoms with van der Waals surface area (Å²) in [5.74, 6) is 1.45. The summed E-state index contributed by atoms with van der Waals surface area (Å²) in [5, 5.41) is 12.4. The molecule has 146 valence electrons. The van der Waals surface area contributed by atoms with Gasteiger partial charge < -0.3 is 9.88 Å². The van der Waals surface area contributed by atoms with Gasteiger partial charge >= 0.3 is 0 Å². The van der Waals surface area contributed by atoms with Crippen molar-refractivity contribution in [2.75, 3.05) is 11.1 Å². The highest BCUT2D eigenvalue weighted by Crippen LogP contribution is 2.25. The van der Waals surface area contributed by atoms with Gasteiger partial charge in [-0.05, 0) is 55.2 Å². The number of hydrogen-bond donors (Lipinski definition) is 1. The Bertz CT molecular complexity index is 932. The predicted octanol–water partition coefficient (Wildman–Crippen LogP) is 4.34. The van der Waals surface area contributed by atoms with E-state index in [2.05, 4.69) is 45.0 Å². The molecule has 1 aromatic carbocycles. The minimum atomic E-state index is -0.0560. The molecule has 0 aliphatic carbocycles. The van der Waals surface area contributed by atoms with Crippen molar-refractivity contribution in [3.63, 3.8) is 0 Å². The molecule has 0 fully saturated rings. The van der Waals surface area contributed by atoms with Gasteiger partial charge in [-0.1, -0.05) is 31.7 Å². The summed E-state index contributed by atoms with van der Waals surface area (Å²) < 4.78 is 2.08. The molecule has 0 unspecified atom stereocenters. The maximum Gasteiger partial charge on any atom is 0.234 e. The molecule has 0 saturated carbocycles. The number of rotatable bonds is 7. The van der Waals surface area contributed by atoms with E-state index in [1.807, 2.05) is 38.1 Å². The molecule has 1 N–H and O–H groups in total. The molecular formula is C21H25N5OS. The van der Waals surface area contributed by atoms with Gasteiger partial charge in [0, 0.05) is 30.2 Å². The van der Waals surface area contributed by atoms with E-state index >= 15 is 0 Å². The first-order valence-corrected chi connectivity index (χ1v) is 10.3. The lowest BCUT2D eigenvalue weighted by Crippen LogP contribution is -2.15. The normalized spacial score (nSPS) is 11.0. The van der Waals surface area contributed by atoms with Crippen LogP contribution in [0.15, 0.2) is 47.9 Å². The average molecular weight is 396 g/mol. The molecule has 6 nitrogen and oxygen atoms in total. The van der Waals surface area contributed by atoms with E-state index in [1.165, 1.54) is 11.8 Å². The quantitative estimate of drug-likeness (QED) is 0.602. The number of aromatic nitrogens is 4.